The van der Waals surface area contributed by atoms with Gasteiger partial charge in [0.25, 0.3) is 0 Å². The number of nitrogens with two attached hydrogens (primary N) is 1. The van der Waals surface area contributed by atoms with Crippen LogP contribution in [0.25, 0.3) is 39.5 Å². The molecule has 1 aliphatic rings. The number of ether oxygens (including phenoxy) is 1. The monoisotopic (exact) mass is 575 g/mol. The smallest absolute Gasteiger partial charge is 0.407 e. The molecular formula is C34H37N7O2. The zero-order valence-corrected chi connectivity index (χ0v) is 24.8. The number of likely N-dealkylation sites (tertiary alicyclic amines) is 1. The molecule has 3 N–H and O–H groups in total. The van der Waals surface area contributed by atoms with E-state index in [4.69, 9.17) is 20.4 Å². The molecule has 0 bridgehead atoms. The summed E-state index contributed by atoms with van der Waals surface area (Å²) >= 11 is 0. The number of benzene rings is 2. The van der Waals surface area contributed by atoms with E-state index in [2.05, 4.69) is 56.2 Å². The van der Waals surface area contributed by atoms with E-state index in [-0.39, 0.29) is 12.1 Å². The van der Waals surface area contributed by atoms with Crippen molar-refractivity contribution >= 4 is 23.1 Å². The van der Waals surface area contributed by atoms with Crippen molar-refractivity contribution in [3.63, 3.8) is 0 Å². The van der Waals surface area contributed by atoms with Gasteiger partial charge in [0, 0.05) is 36.6 Å². The Hall–Kier alpha value is -4.76. The summed E-state index contributed by atoms with van der Waals surface area (Å²) in [6.07, 6.45) is 3.29. The third kappa shape index (κ3) is 6.52. The van der Waals surface area contributed by atoms with E-state index in [1.54, 1.807) is 6.20 Å². The van der Waals surface area contributed by atoms with Gasteiger partial charge in [-0.25, -0.2) is 19.7 Å². The normalized spacial score (nSPS) is 15.8. The molecule has 0 saturated carbocycles. The minimum atomic E-state index is -0.512. The summed E-state index contributed by atoms with van der Waals surface area (Å²) in [5.74, 6) is 1.11. The van der Waals surface area contributed by atoms with Gasteiger partial charge in [-0.2, -0.15) is 0 Å². The van der Waals surface area contributed by atoms with Gasteiger partial charge in [-0.05, 0) is 82.1 Å². The lowest BCUT2D eigenvalue weighted by atomic mass is 10.0. The summed E-state index contributed by atoms with van der Waals surface area (Å²) < 4.78 is 7.52. The van der Waals surface area contributed by atoms with Crippen LogP contribution in [0.4, 0.5) is 10.6 Å². The van der Waals surface area contributed by atoms with E-state index in [1.807, 2.05) is 63.2 Å². The van der Waals surface area contributed by atoms with Gasteiger partial charge < -0.3 is 15.8 Å². The Bertz CT molecular complexity index is 1730. The lowest BCUT2D eigenvalue weighted by molar-refractivity contribution is 0.0470. The number of hydrogen-bond acceptors (Lipinski definition) is 7. The molecule has 0 radical (unpaired) electrons. The van der Waals surface area contributed by atoms with E-state index < -0.39 is 5.60 Å². The van der Waals surface area contributed by atoms with Crippen LogP contribution in [0, 0.1) is 0 Å². The number of rotatable bonds is 6. The highest BCUT2D eigenvalue weighted by atomic mass is 16.6. The quantitative estimate of drug-likeness (QED) is 0.247. The van der Waals surface area contributed by atoms with Crippen molar-refractivity contribution in [2.45, 2.75) is 51.8 Å². The Morgan fingerprint density at radius 2 is 1.79 bits per heavy atom. The fraction of sp³-hybridized carbons (Fsp3) is 0.294. The number of hydrogen-bond donors (Lipinski definition) is 2. The van der Waals surface area contributed by atoms with Crippen LogP contribution in [-0.4, -0.2) is 55.2 Å². The van der Waals surface area contributed by atoms with Crippen LogP contribution >= 0.6 is 0 Å². The summed E-state index contributed by atoms with van der Waals surface area (Å²) in [4.78, 5) is 29.0. The molecule has 0 spiro atoms. The lowest BCUT2D eigenvalue weighted by Crippen LogP contribution is -2.48. The number of nitrogens with zero attached hydrogens (tertiary/aromatic N) is 5. The molecule has 220 valence electrons. The minimum Gasteiger partial charge on any atom is -0.444 e. The van der Waals surface area contributed by atoms with Gasteiger partial charge in [-0.3, -0.25) is 9.47 Å². The number of anilines is 1. The van der Waals surface area contributed by atoms with Crippen molar-refractivity contribution in [2.75, 3.05) is 18.8 Å². The largest absolute Gasteiger partial charge is 0.444 e. The Morgan fingerprint density at radius 1 is 1.00 bits per heavy atom. The molecule has 6 rings (SSSR count). The number of carbonyl (C=O) groups is 1. The summed E-state index contributed by atoms with van der Waals surface area (Å²) in [7, 11) is 0. The molecule has 2 aromatic carbocycles. The van der Waals surface area contributed by atoms with E-state index >= 15 is 0 Å². The lowest BCUT2D eigenvalue weighted by Gasteiger charge is -2.33. The van der Waals surface area contributed by atoms with Gasteiger partial charge in [0.1, 0.15) is 16.9 Å². The molecule has 0 aliphatic carbocycles. The van der Waals surface area contributed by atoms with Crippen molar-refractivity contribution < 1.29 is 9.53 Å². The number of pyridine rings is 2. The Labute approximate surface area is 251 Å². The molecule has 4 heterocycles. The van der Waals surface area contributed by atoms with Crippen LogP contribution in [0.3, 0.4) is 0 Å². The summed E-state index contributed by atoms with van der Waals surface area (Å²) in [6, 6.07) is 26.5. The fourth-order valence-corrected chi connectivity index (χ4v) is 5.56. The molecule has 1 amide bonds. The second-order valence-electron chi connectivity index (χ2n) is 12.0. The van der Waals surface area contributed by atoms with Crippen LogP contribution in [-0.2, 0) is 11.3 Å². The summed E-state index contributed by atoms with van der Waals surface area (Å²) in [5, 5.41) is 3.04. The number of alkyl carbamates (subject to hydrolysis) is 1. The molecule has 1 aliphatic heterocycles. The standard InChI is InChI=1S/C34H37N7O2/c1-34(2,3)43-33(42)37-25-11-8-20-40(22-25)21-23-13-15-26(16-14-23)41-31(27-12-7-19-36-30(27)35)39-29-18-17-28(38-32(29)41)24-9-5-4-6-10-24/h4-7,9-10,12-19,25H,8,11,20-22H2,1-3H3,(H2,35,36)(H,37,42). The minimum absolute atomic E-state index is 0.0672. The summed E-state index contributed by atoms with van der Waals surface area (Å²) in [5.41, 5.74) is 12.1. The maximum atomic E-state index is 12.3. The average Bonchev–Trinajstić information content (AvgIpc) is 3.36. The molecular weight excluding hydrogens is 538 g/mol. The molecule has 1 fully saturated rings. The number of aromatic nitrogens is 4. The number of fused-ring (bicyclic) bond motifs is 1. The predicted octanol–water partition coefficient (Wildman–Crippen LogP) is 6.22. The molecule has 3 aromatic heterocycles. The fourth-order valence-electron chi connectivity index (χ4n) is 5.56. The third-order valence-electron chi connectivity index (χ3n) is 7.48. The van der Waals surface area contributed by atoms with E-state index in [0.717, 1.165) is 66.1 Å². The van der Waals surface area contributed by atoms with Crippen molar-refractivity contribution in [3.05, 3.63) is 90.6 Å². The van der Waals surface area contributed by atoms with Crippen LogP contribution in [0.2, 0.25) is 0 Å². The molecule has 5 aromatic rings. The maximum Gasteiger partial charge on any atom is 0.407 e. The third-order valence-corrected chi connectivity index (χ3v) is 7.48. The number of imidazole rings is 1. The first kappa shape index (κ1) is 28.4. The van der Waals surface area contributed by atoms with Crippen LogP contribution in [0.1, 0.15) is 39.2 Å². The first-order valence-electron chi connectivity index (χ1n) is 14.7. The first-order valence-corrected chi connectivity index (χ1v) is 14.7. The number of carbonyl (C=O) groups excluding carboxylic acids is 1. The molecule has 1 unspecified atom stereocenters. The van der Waals surface area contributed by atoms with Gasteiger partial charge in [-0.1, -0.05) is 42.5 Å². The molecule has 9 heteroatoms. The van der Waals surface area contributed by atoms with Gasteiger partial charge in [0.15, 0.2) is 11.5 Å². The molecule has 9 nitrogen and oxygen atoms in total. The van der Waals surface area contributed by atoms with Gasteiger partial charge >= 0.3 is 6.09 Å². The zero-order valence-electron chi connectivity index (χ0n) is 24.8. The Kier molecular flexibility index (Phi) is 7.82. The Balaban J connectivity index is 1.28. The number of nitrogens with one attached hydrogen (secondary N) is 1. The molecule has 1 atom stereocenters. The van der Waals surface area contributed by atoms with Gasteiger partial charge in [0.05, 0.1) is 11.3 Å². The van der Waals surface area contributed by atoms with E-state index in [1.165, 1.54) is 5.56 Å². The SMILES string of the molecule is CC(C)(C)OC(=O)NC1CCCN(Cc2ccc(-n3c(-c4cccnc4N)nc4ccc(-c5ccccc5)nc43)cc2)C1. The highest BCUT2D eigenvalue weighted by molar-refractivity contribution is 5.84. The second-order valence-corrected chi connectivity index (χ2v) is 12.0. The number of nitrogen functional groups attached to an aromatic ring is 1. The Morgan fingerprint density at radius 3 is 2.53 bits per heavy atom. The summed E-state index contributed by atoms with van der Waals surface area (Å²) in [6.45, 7) is 8.19. The number of amides is 1. The van der Waals surface area contributed by atoms with Crippen LogP contribution < -0.4 is 11.1 Å². The van der Waals surface area contributed by atoms with E-state index in [0.29, 0.717) is 11.6 Å². The van der Waals surface area contributed by atoms with Crippen molar-refractivity contribution in [3.8, 4) is 28.3 Å². The van der Waals surface area contributed by atoms with Crippen LogP contribution in [0.5, 0.6) is 0 Å². The van der Waals surface area contributed by atoms with Crippen molar-refractivity contribution in [2.24, 2.45) is 0 Å². The maximum absolute atomic E-state index is 12.3. The van der Waals surface area contributed by atoms with Gasteiger partial charge in [-0.15, -0.1) is 0 Å². The van der Waals surface area contributed by atoms with Crippen molar-refractivity contribution in [1.29, 1.82) is 0 Å². The average molecular weight is 576 g/mol. The topological polar surface area (TPSA) is 111 Å². The molecule has 43 heavy (non-hydrogen) atoms. The van der Waals surface area contributed by atoms with Crippen LogP contribution in [0.15, 0.2) is 85.1 Å². The van der Waals surface area contributed by atoms with E-state index in [9.17, 15) is 4.79 Å². The highest BCUT2D eigenvalue weighted by Crippen LogP contribution is 2.32. The van der Waals surface area contributed by atoms with Gasteiger partial charge in [0.2, 0.25) is 0 Å². The highest BCUT2D eigenvalue weighted by Gasteiger charge is 2.24. The zero-order chi connectivity index (χ0) is 30.0. The molecule has 1 saturated heterocycles. The first-order chi connectivity index (χ1) is 20.7. The van der Waals surface area contributed by atoms with Crippen molar-refractivity contribution in [1.82, 2.24) is 29.7 Å². The number of piperidine rings is 1. The second kappa shape index (κ2) is 11.9. The predicted molar refractivity (Wildman–Crippen MR) is 170 cm³/mol.